The molecule has 0 atom stereocenters. The summed E-state index contributed by atoms with van der Waals surface area (Å²) in [5.74, 6) is -0.404. The van der Waals surface area contributed by atoms with Crippen LogP contribution in [0.15, 0.2) is 30.5 Å². The lowest BCUT2D eigenvalue weighted by molar-refractivity contribution is -0.137. The van der Waals surface area contributed by atoms with E-state index in [9.17, 15) is 18.3 Å². The molecule has 2 N–H and O–H groups in total. The maximum Gasteiger partial charge on any atom is 0.421 e. The summed E-state index contributed by atoms with van der Waals surface area (Å²) in [6.07, 6.45) is -2.37. The number of halogens is 4. The number of benzene rings is 1. The first-order chi connectivity index (χ1) is 10.9. The molecule has 0 radical (unpaired) electrons. The fourth-order valence-electron chi connectivity index (χ4n) is 2.51. The summed E-state index contributed by atoms with van der Waals surface area (Å²) >= 11 is 5.63. The van der Waals surface area contributed by atoms with E-state index >= 15 is 0 Å². The zero-order valence-corrected chi connectivity index (χ0v) is 12.6. The van der Waals surface area contributed by atoms with Crippen molar-refractivity contribution in [3.63, 3.8) is 0 Å². The van der Waals surface area contributed by atoms with Crippen molar-refractivity contribution in [2.75, 3.05) is 11.9 Å². The Bertz CT molecular complexity index is 732. The molecule has 1 aromatic carbocycles. The first-order valence-electron chi connectivity index (χ1n) is 6.93. The van der Waals surface area contributed by atoms with Gasteiger partial charge in [-0.1, -0.05) is 18.2 Å². The second-order valence-electron chi connectivity index (χ2n) is 5.51. The van der Waals surface area contributed by atoms with Gasteiger partial charge in [0.1, 0.15) is 11.4 Å². The van der Waals surface area contributed by atoms with Crippen LogP contribution in [0, 0.1) is 0 Å². The van der Waals surface area contributed by atoms with Crippen molar-refractivity contribution in [2.45, 2.75) is 24.4 Å². The van der Waals surface area contributed by atoms with Gasteiger partial charge in [0.25, 0.3) is 0 Å². The summed E-state index contributed by atoms with van der Waals surface area (Å²) in [7, 11) is 0. The van der Waals surface area contributed by atoms with Crippen LogP contribution < -0.4 is 5.32 Å². The Labute approximate surface area is 135 Å². The third kappa shape index (κ3) is 3.11. The number of nitrogens with one attached hydrogen (secondary N) is 1. The van der Waals surface area contributed by atoms with Crippen LogP contribution in [0.4, 0.5) is 24.7 Å². The zero-order chi connectivity index (χ0) is 16.7. The Morgan fingerprint density at radius 3 is 2.57 bits per heavy atom. The molecule has 23 heavy (non-hydrogen) atoms. The zero-order valence-electron chi connectivity index (χ0n) is 11.9. The van der Waals surface area contributed by atoms with E-state index in [4.69, 9.17) is 11.6 Å². The minimum atomic E-state index is -4.60. The normalized spacial score (nSPS) is 16.2. The van der Waals surface area contributed by atoms with Gasteiger partial charge in [-0.25, -0.2) is 4.98 Å². The summed E-state index contributed by atoms with van der Waals surface area (Å²) in [4.78, 5) is 7.07. The van der Waals surface area contributed by atoms with Crippen LogP contribution >= 0.6 is 11.6 Å². The predicted octanol–water partition coefficient (Wildman–Crippen LogP) is 3.92. The van der Waals surface area contributed by atoms with Crippen molar-refractivity contribution in [1.29, 1.82) is 0 Å². The van der Waals surface area contributed by atoms with Crippen molar-refractivity contribution in [3.05, 3.63) is 46.9 Å². The molecule has 1 heterocycles. The van der Waals surface area contributed by atoms with E-state index in [1.54, 1.807) is 24.3 Å². The molecule has 0 unspecified atom stereocenters. The monoisotopic (exact) mass is 343 g/mol. The molecule has 3 rings (SSSR count). The van der Waals surface area contributed by atoms with Crippen molar-refractivity contribution >= 4 is 23.1 Å². The molecule has 2 aromatic rings. The van der Waals surface area contributed by atoms with E-state index in [1.165, 1.54) is 0 Å². The van der Waals surface area contributed by atoms with E-state index in [2.05, 4.69) is 15.3 Å². The summed E-state index contributed by atoms with van der Waals surface area (Å²) in [6, 6.07) is 6.94. The minimum Gasteiger partial charge on any atom is -0.395 e. The van der Waals surface area contributed by atoms with Crippen LogP contribution in [-0.4, -0.2) is 21.7 Å². The van der Waals surface area contributed by atoms with Gasteiger partial charge in [-0.3, -0.25) is 0 Å². The molecule has 4 nitrogen and oxygen atoms in total. The maximum atomic E-state index is 13.1. The number of rotatable bonds is 4. The highest BCUT2D eigenvalue weighted by atomic mass is 35.5. The third-order valence-electron chi connectivity index (χ3n) is 3.97. The molecular formula is C15H13ClF3N3O. The summed E-state index contributed by atoms with van der Waals surface area (Å²) < 4.78 is 39.3. The lowest BCUT2D eigenvalue weighted by Crippen LogP contribution is -2.16. The molecule has 1 aromatic heterocycles. The van der Waals surface area contributed by atoms with Gasteiger partial charge in [0.05, 0.1) is 6.61 Å². The number of anilines is 2. The molecule has 1 fully saturated rings. The Morgan fingerprint density at radius 1 is 1.26 bits per heavy atom. The van der Waals surface area contributed by atoms with E-state index in [1.807, 2.05) is 0 Å². The summed E-state index contributed by atoms with van der Waals surface area (Å²) in [6.45, 7) is -0.0532. The average molecular weight is 344 g/mol. The fraction of sp³-hybridized carbons (Fsp3) is 0.333. The van der Waals surface area contributed by atoms with Gasteiger partial charge in [0.2, 0.25) is 5.28 Å². The minimum absolute atomic E-state index is 0.0532. The van der Waals surface area contributed by atoms with Crippen LogP contribution in [-0.2, 0) is 11.6 Å². The number of hydrogen-bond donors (Lipinski definition) is 2. The topological polar surface area (TPSA) is 58.0 Å². The number of aromatic nitrogens is 2. The standard InChI is InChI=1S/C15H13ClF3N3O/c16-13-20-7-10(15(17,18)19)12(22-13)21-11-4-2-1-3-9(11)14(8-23)5-6-14/h1-4,7,23H,5-6,8H2,(H,20,21,22). The number of alkyl halides is 3. The van der Waals surface area contributed by atoms with Crippen LogP contribution in [0.3, 0.4) is 0 Å². The van der Waals surface area contributed by atoms with Crippen molar-refractivity contribution in [2.24, 2.45) is 0 Å². The van der Waals surface area contributed by atoms with Crippen molar-refractivity contribution in [1.82, 2.24) is 9.97 Å². The highest BCUT2D eigenvalue weighted by molar-refractivity contribution is 6.28. The molecule has 0 bridgehead atoms. The Hall–Kier alpha value is -1.86. The largest absolute Gasteiger partial charge is 0.421 e. The molecule has 1 aliphatic carbocycles. The van der Waals surface area contributed by atoms with Gasteiger partial charge >= 0.3 is 6.18 Å². The molecule has 1 aliphatic rings. The first kappa shape index (κ1) is 16.0. The van der Waals surface area contributed by atoms with E-state index in [0.29, 0.717) is 11.9 Å². The van der Waals surface area contributed by atoms with Crippen molar-refractivity contribution in [3.8, 4) is 0 Å². The SMILES string of the molecule is OCC1(c2ccccc2Nc2nc(Cl)ncc2C(F)(F)F)CC1. The maximum absolute atomic E-state index is 13.1. The van der Waals surface area contributed by atoms with Crippen LogP contribution in [0.25, 0.3) is 0 Å². The Morgan fingerprint density at radius 2 is 1.96 bits per heavy atom. The smallest absolute Gasteiger partial charge is 0.395 e. The third-order valence-corrected chi connectivity index (χ3v) is 4.15. The lowest BCUT2D eigenvalue weighted by atomic mass is 9.95. The highest BCUT2D eigenvalue weighted by Gasteiger charge is 2.45. The molecule has 122 valence electrons. The van der Waals surface area contributed by atoms with Crippen molar-refractivity contribution < 1.29 is 18.3 Å². The molecule has 0 aliphatic heterocycles. The second-order valence-corrected chi connectivity index (χ2v) is 5.85. The van der Waals surface area contributed by atoms with Crippen LogP contribution in [0.5, 0.6) is 0 Å². The molecule has 0 spiro atoms. The number of nitrogens with zero attached hydrogens (tertiary/aromatic N) is 2. The van der Waals surface area contributed by atoms with Gasteiger partial charge in [-0.15, -0.1) is 0 Å². The van der Waals surface area contributed by atoms with Gasteiger partial charge in [-0.05, 0) is 36.1 Å². The number of aliphatic hydroxyl groups excluding tert-OH is 1. The highest BCUT2D eigenvalue weighted by Crippen LogP contribution is 2.50. The van der Waals surface area contributed by atoms with Gasteiger partial charge in [0, 0.05) is 17.3 Å². The predicted molar refractivity (Wildman–Crippen MR) is 79.8 cm³/mol. The second kappa shape index (κ2) is 5.65. The summed E-state index contributed by atoms with van der Waals surface area (Å²) in [5, 5.41) is 12.0. The number of hydrogen-bond acceptors (Lipinski definition) is 4. The molecule has 8 heteroatoms. The number of aliphatic hydroxyl groups is 1. The van der Waals surface area contributed by atoms with Gasteiger partial charge in [-0.2, -0.15) is 18.2 Å². The van der Waals surface area contributed by atoms with Crippen LogP contribution in [0.2, 0.25) is 5.28 Å². The molecule has 0 amide bonds. The van der Waals surface area contributed by atoms with Gasteiger partial charge < -0.3 is 10.4 Å². The fourth-order valence-corrected chi connectivity index (χ4v) is 2.64. The summed E-state index contributed by atoms with van der Waals surface area (Å²) in [5.41, 5.74) is -0.144. The number of para-hydroxylation sites is 1. The van der Waals surface area contributed by atoms with E-state index in [0.717, 1.165) is 18.4 Å². The average Bonchev–Trinajstić information content (AvgIpc) is 3.27. The van der Waals surface area contributed by atoms with Crippen LogP contribution in [0.1, 0.15) is 24.0 Å². The molecular weight excluding hydrogens is 331 g/mol. The van der Waals surface area contributed by atoms with Gasteiger partial charge in [0.15, 0.2) is 0 Å². The lowest BCUT2D eigenvalue weighted by Gasteiger charge is -2.19. The van der Waals surface area contributed by atoms with E-state index < -0.39 is 23.0 Å². The Balaban J connectivity index is 2.03. The van der Waals surface area contributed by atoms with E-state index in [-0.39, 0.29) is 11.9 Å². The first-order valence-corrected chi connectivity index (χ1v) is 7.31. The molecule has 1 saturated carbocycles. The molecule has 0 saturated heterocycles. The Kier molecular flexibility index (Phi) is 3.93. The quantitative estimate of drug-likeness (QED) is 0.826.